The Morgan fingerprint density at radius 2 is 2.00 bits per heavy atom. The van der Waals surface area contributed by atoms with Crippen molar-refractivity contribution >= 4 is 0 Å². The summed E-state index contributed by atoms with van der Waals surface area (Å²) < 4.78 is 11.0. The number of piperidine rings is 1. The highest BCUT2D eigenvalue weighted by molar-refractivity contribution is 5.33. The van der Waals surface area contributed by atoms with Crippen LogP contribution in [0.4, 0.5) is 0 Å². The first-order valence-electron chi connectivity index (χ1n) is 8.18. The van der Waals surface area contributed by atoms with E-state index in [4.69, 9.17) is 9.47 Å². The van der Waals surface area contributed by atoms with Crippen molar-refractivity contribution in [3.8, 4) is 5.75 Å². The Bertz CT molecular complexity index is 604. The van der Waals surface area contributed by atoms with Crippen molar-refractivity contribution in [2.24, 2.45) is 5.92 Å². The Kier molecular flexibility index (Phi) is 5.03. The van der Waals surface area contributed by atoms with Crippen LogP contribution in [0.1, 0.15) is 30.9 Å². The summed E-state index contributed by atoms with van der Waals surface area (Å²) in [6.07, 6.45) is 5.21. The van der Waals surface area contributed by atoms with E-state index in [1.807, 2.05) is 12.1 Å². The topological polar surface area (TPSA) is 50.7 Å². The van der Waals surface area contributed by atoms with E-state index in [0.29, 0.717) is 18.3 Å². The number of aromatic hydroxyl groups is 1. The van der Waals surface area contributed by atoms with E-state index in [1.165, 1.54) is 16.7 Å². The van der Waals surface area contributed by atoms with E-state index in [1.54, 1.807) is 26.4 Å². The van der Waals surface area contributed by atoms with Crippen LogP contribution < -0.4 is 5.32 Å². The minimum atomic E-state index is 0.263. The molecule has 3 rings (SSSR count). The van der Waals surface area contributed by atoms with Crippen LogP contribution in [0.25, 0.3) is 0 Å². The van der Waals surface area contributed by atoms with Gasteiger partial charge in [0.15, 0.2) is 0 Å². The van der Waals surface area contributed by atoms with Crippen molar-refractivity contribution in [3.05, 3.63) is 52.8 Å². The molecule has 1 heterocycles. The molecule has 1 aromatic rings. The normalized spacial score (nSPS) is 24.7. The van der Waals surface area contributed by atoms with Gasteiger partial charge in [-0.2, -0.15) is 0 Å². The number of benzene rings is 1. The quantitative estimate of drug-likeness (QED) is 0.837. The third-order valence-corrected chi connectivity index (χ3v) is 4.88. The molecule has 2 aliphatic rings. The van der Waals surface area contributed by atoms with Crippen molar-refractivity contribution in [3.63, 3.8) is 0 Å². The number of phenols is 1. The molecule has 1 saturated heterocycles. The average Bonchev–Trinajstić information content (AvgIpc) is 2.75. The minimum Gasteiger partial charge on any atom is -0.508 e. The van der Waals surface area contributed by atoms with Gasteiger partial charge in [0.2, 0.25) is 0 Å². The summed E-state index contributed by atoms with van der Waals surface area (Å²) in [4.78, 5) is 0. The van der Waals surface area contributed by atoms with Crippen molar-refractivity contribution < 1.29 is 14.6 Å². The lowest BCUT2D eigenvalue weighted by molar-refractivity contribution is 0.203. The molecule has 4 heteroatoms. The lowest BCUT2D eigenvalue weighted by Crippen LogP contribution is -2.36. The zero-order valence-corrected chi connectivity index (χ0v) is 13.8. The molecular weight excluding hydrogens is 290 g/mol. The maximum atomic E-state index is 9.54. The van der Waals surface area contributed by atoms with E-state index >= 15 is 0 Å². The highest BCUT2D eigenvalue weighted by Crippen LogP contribution is 2.41. The van der Waals surface area contributed by atoms with Gasteiger partial charge < -0.3 is 19.9 Å². The third kappa shape index (κ3) is 3.43. The van der Waals surface area contributed by atoms with E-state index in [-0.39, 0.29) is 6.04 Å². The Morgan fingerprint density at radius 3 is 2.70 bits per heavy atom. The summed E-state index contributed by atoms with van der Waals surface area (Å²) in [6.45, 7) is 1.60. The molecule has 0 radical (unpaired) electrons. The maximum Gasteiger partial charge on any atom is 0.115 e. The van der Waals surface area contributed by atoms with Gasteiger partial charge in [-0.3, -0.25) is 0 Å². The predicted molar refractivity (Wildman–Crippen MR) is 90.2 cm³/mol. The third-order valence-electron chi connectivity index (χ3n) is 4.88. The van der Waals surface area contributed by atoms with E-state index < -0.39 is 0 Å². The molecule has 1 fully saturated rings. The second-order valence-corrected chi connectivity index (χ2v) is 6.23. The van der Waals surface area contributed by atoms with Crippen molar-refractivity contribution in [2.45, 2.75) is 25.3 Å². The van der Waals surface area contributed by atoms with Gasteiger partial charge >= 0.3 is 0 Å². The fraction of sp³-hybridized carbons (Fsp3) is 0.474. The van der Waals surface area contributed by atoms with Crippen molar-refractivity contribution in [1.82, 2.24) is 5.32 Å². The van der Waals surface area contributed by atoms with Crippen LogP contribution in [0.2, 0.25) is 0 Å². The van der Waals surface area contributed by atoms with Crippen LogP contribution in [-0.4, -0.2) is 32.5 Å². The molecule has 2 unspecified atom stereocenters. The highest BCUT2D eigenvalue weighted by Gasteiger charge is 2.32. The predicted octanol–water partition coefficient (Wildman–Crippen LogP) is 3.31. The number of hydrogen-bond acceptors (Lipinski definition) is 4. The van der Waals surface area contributed by atoms with Gasteiger partial charge in [0.05, 0.1) is 13.7 Å². The summed E-state index contributed by atoms with van der Waals surface area (Å²) >= 11 is 0. The molecule has 1 aromatic carbocycles. The van der Waals surface area contributed by atoms with Gasteiger partial charge in [-0.25, -0.2) is 0 Å². The van der Waals surface area contributed by atoms with Crippen LogP contribution in [-0.2, 0) is 9.47 Å². The first-order chi connectivity index (χ1) is 11.2. The number of fused-ring (bicyclic) bond motifs is 1. The Labute approximate surface area is 137 Å². The Morgan fingerprint density at radius 1 is 1.22 bits per heavy atom. The van der Waals surface area contributed by atoms with Crippen molar-refractivity contribution in [1.29, 1.82) is 0 Å². The minimum absolute atomic E-state index is 0.263. The number of hydrogen-bond donors (Lipinski definition) is 2. The van der Waals surface area contributed by atoms with Gasteiger partial charge in [0.25, 0.3) is 0 Å². The molecule has 4 nitrogen and oxygen atoms in total. The van der Waals surface area contributed by atoms with E-state index in [0.717, 1.165) is 31.6 Å². The number of methoxy groups -OCH3 is 2. The fourth-order valence-corrected chi connectivity index (χ4v) is 3.74. The van der Waals surface area contributed by atoms with Crippen LogP contribution in [0.3, 0.4) is 0 Å². The standard InChI is InChI=1S/C19H25NO3/c1-22-12-15-11-17-13(5-8-18(15)23-2)9-10-20-19(17)14-3-6-16(21)7-4-14/h3-7,17,19-21H,8-12H2,1-2H3. The fourth-order valence-electron chi connectivity index (χ4n) is 3.74. The number of rotatable bonds is 4. The van der Waals surface area contributed by atoms with Gasteiger partial charge in [-0.15, -0.1) is 0 Å². The van der Waals surface area contributed by atoms with Gasteiger partial charge in [0.1, 0.15) is 11.5 Å². The maximum absolute atomic E-state index is 9.54. The van der Waals surface area contributed by atoms with Crippen LogP contribution >= 0.6 is 0 Å². The van der Waals surface area contributed by atoms with Crippen molar-refractivity contribution in [2.75, 3.05) is 27.4 Å². The first kappa shape index (κ1) is 16.1. The number of phenolic OH excluding ortho intramolecular Hbond substituents is 1. The monoisotopic (exact) mass is 315 g/mol. The molecule has 0 saturated carbocycles. The molecule has 2 N–H and O–H groups in total. The zero-order chi connectivity index (χ0) is 16.2. The molecular formula is C19H25NO3. The molecule has 124 valence electrons. The summed E-state index contributed by atoms with van der Waals surface area (Å²) in [5, 5.41) is 13.2. The second kappa shape index (κ2) is 7.20. The summed E-state index contributed by atoms with van der Waals surface area (Å²) in [5.41, 5.74) is 3.97. The Balaban J connectivity index is 1.91. The summed E-state index contributed by atoms with van der Waals surface area (Å²) in [7, 11) is 3.48. The lowest BCUT2D eigenvalue weighted by atomic mass is 9.79. The van der Waals surface area contributed by atoms with E-state index in [2.05, 4.69) is 11.4 Å². The van der Waals surface area contributed by atoms with Crippen LogP contribution in [0, 0.1) is 5.92 Å². The molecule has 1 aliphatic carbocycles. The number of allylic oxidation sites excluding steroid dienone is 1. The van der Waals surface area contributed by atoms with E-state index in [9.17, 15) is 5.11 Å². The smallest absolute Gasteiger partial charge is 0.115 e. The molecule has 0 aromatic heterocycles. The molecule has 1 aliphatic heterocycles. The summed E-state index contributed by atoms with van der Waals surface area (Å²) in [6, 6.07) is 7.81. The Hall–Kier alpha value is -1.78. The summed E-state index contributed by atoms with van der Waals surface area (Å²) in [5.74, 6) is 1.76. The molecule has 23 heavy (non-hydrogen) atoms. The van der Waals surface area contributed by atoms with Crippen LogP contribution in [0.5, 0.6) is 5.75 Å². The van der Waals surface area contributed by atoms with Gasteiger partial charge in [-0.05, 0) is 42.7 Å². The molecule has 0 spiro atoms. The first-order valence-corrected chi connectivity index (χ1v) is 8.18. The zero-order valence-electron chi connectivity index (χ0n) is 13.8. The van der Waals surface area contributed by atoms with Crippen LogP contribution in [0.15, 0.2) is 47.2 Å². The number of ether oxygens (including phenoxy) is 2. The number of nitrogens with one attached hydrogen (secondary N) is 1. The highest BCUT2D eigenvalue weighted by atomic mass is 16.5. The van der Waals surface area contributed by atoms with Gasteiger partial charge in [0, 0.05) is 25.5 Å². The molecule has 0 bridgehead atoms. The SMILES string of the molecule is COCC1=C(OC)CC=C2CCNC(c3ccc(O)cc3)C2C1. The molecule has 0 amide bonds. The average molecular weight is 315 g/mol. The largest absolute Gasteiger partial charge is 0.508 e. The molecule has 2 atom stereocenters. The lowest BCUT2D eigenvalue weighted by Gasteiger charge is -2.35. The second-order valence-electron chi connectivity index (χ2n) is 6.23. The van der Waals surface area contributed by atoms with Gasteiger partial charge in [-0.1, -0.05) is 23.8 Å².